The molecule has 1 N–H and O–H groups in total. The molecular formula is C41H52BrN3O8. The van der Waals surface area contributed by atoms with Gasteiger partial charge in [0.25, 0.3) is 5.91 Å². The largest absolute Gasteiger partial charge is 0.497 e. The van der Waals surface area contributed by atoms with Crippen LogP contribution in [0.1, 0.15) is 63.5 Å². The molecule has 0 aromatic heterocycles. The molecule has 1 spiro atoms. The van der Waals surface area contributed by atoms with Crippen molar-refractivity contribution in [1.82, 2.24) is 9.80 Å². The summed E-state index contributed by atoms with van der Waals surface area (Å²) in [6.45, 7) is 10.0. The second-order valence-electron chi connectivity index (χ2n) is 14.1. The number of likely N-dealkylation sites (tertiary alicyclic amines) is 1. The number of unbranched alkanes of at least 4 members (excludes halogenated alkanes) is 3. The average molecular weight is 795 g/mol. The van der Waals surface area contributed by atoms with E-state index in [9.17, 15) is 24.3 Å². The number of rotatable bonds is 19. The molecule has 3 saturated heterocycles. The van der Waals surface area contributed by atoms with Gasteiger partial charge in [-0.25, -0.2) is 0 Å². The molecule has 2 aromatic carbocycles. The lowest BCUT2D eigenvalue weighted by Crippen LogP contribution is -2.57. The molecule has 2 aromatic rings. The molecule has 3 aliphatic rings. The molecule has 12 heteroatoms. The van der Waals surface area contributed by atoms with Crippen molar-refractivity contribution in [2.75, 3.05) is 38.8 Å². The fourth-order valence-corrected chi connectivity index (χ4v) is 9.09. The Morgan fingerprint density at radius 1 is 1.08 bits per heavy atom. The van der Waals surface area contributed by atoms with E-state index in [2.05, 4.69) is 29.1 Å². The summed E-state index contributed by atoms with van der Waals surface area (Å²) in [6, 6.07) is 14.8. The summed E-state index contributed by atoms with van der Waals surface area (Å²) in [5, 5.41) is 9.32. The topological polar surface area (TPSA) is 126 Å². The van der Waals surface area contributed by atoms with Gasteiger partial charge < -0.3 is 34.0 Å². The number of halogens is 1. The first-order valence-corrected chi connectivity index (χ1v) is 19.4. The minimum absolute atomic E-state index is 0.0837. The first kappa shape index (κ1) is 40.2. The van der Waals surface area contributed by atoms with Crippen LogP contribution in [0.4, 0.5) is 5.69 Å². The van der Waals surface area contributed by atoms with Gasteiger partial charge in [0.1, 0.15) is 23.5 Å². The predicted molar refractivity (Wildman–Crippen MR) is 205 cm³/mol. The van der Waals surface area contributed by atoms with Crippen LogP contribution in [0.25, 0.3) is 0 Å². The number of hydrogen-bond donors (Lipinski definition) is 1. The number of amides is 3. The van der Waals surface area contributed by atoms with Crippen molar-refractivity contribution < 1.29 is 38.5 Å². The van der Waals surface area contributed by atoms with Crippen molar-refractivity contribution in [2.24, 2.45) is 11.8 Å². The summed E-state index contributed by atoms with van der Waals surface area (Å²) in [5.41, 5.74) is 0.0240. The van der Waals surface area contributed by atoms with E-state index in [1.807, 2.05) is 37.3 Å². The molecule has 3 amide bonds. The maximum atomic E-state index is 14.9. The molecule has 11 nitrogen and oxygen atoms in total. The first-order valence-electron chi connectivity index (χ1n) is 18.5. The monoisotopic (exact) mass is 793 g/mol. The van der Waals surface area contributed by atoms with Gasteiger partial charge in [0.2, 0.25) is 11.8 Å². The molecule has 5 rings (SSSR count). The lowest BCUT2D eigenvalue weighted by atomic mass is 9.70. The van der Waals surface area contributed by atoms with E-state index in [1.54, 1.807) is 65.3 Å². The third-order valence-corrected chi connectivity index (χ3v) is 11.8. The Balaban J connectivity index is 1.50. The molecule has 1 unspecified atom stereocenters. The molecule has 3 aliphatic heterocycles. The number of carbonyl (C=O) groups excluding carboxylic acids is 4. The fourth-order valence-electron chi connectivity index (χ4n) is 8.15. The van der Waals surface area contributed by atoms with Gasteiger partial charge in [0, 0.05) is 43.7 Å². The van der Waals surface area contributed by atoms with Crippen molar-refractivity contribution in [3.05, 3.63) is 85.5 Å². The minimum atomic E-state index is -1.29. The van der Waals surface area contributed by atoms with Crippen LogP contribution in [0.5, 0.6) is 5.75 Å². The van der Waals surface area contributed by atoms with E-state index < -0.39 is 47.7 Å². The molecular weight excluding hydrogens is 742 g/mol. The lowest BCUT2D eigenvalue weighted by molar-refractivity contribution is -0.164. The Labute approximate surface area is 321 Å². The van der Waals surface area contributed by atoms with Crippen molar-refractivity contribution in [3.63, 3.8) is 0 Å². The van der Waals surface area contributed by atoms with Crippen molar-refractivity contribution in [3.8, 4) is 5.75 Å². The predicted octanol–water partition coefficient (Wildman–Crippen LogP) is 5.61. The maximum absolute atomic E-state index is 14.9. The van der Waals surface area contributed by atoms with E-state index >= 15 is 0 Å². The van der Waals surface area contributed by atoms with Crippen LogP contribution in [0.15, 0.2) is 79.9 Å². The molecule has 0 aliphatic carbocycles. The minimum Gasteiger partial charge on any atom is -0.497 e. The molecule has 0 radical (unpaired) electrons. The highest BCUT2D eigenvalue weighted by molar-refractivity contribution is 9.09. The van der Waals surface area contributed by atoms with Crippen LogP contribution in [0.2, 0.25) is 0 Å². The number of hydrogen-bond acceptors (Lipinski definition) is 8. The number of carbonyl (C=O) groups is 4. The third-order valence-electron chi connectivity index (χ3n) is 10.9. The van der Waals surface area contributed by atoms with Crippen LogP contribution in [0, 0.1) is 11.8 Å². The Kier molecular flexibility index (Phi) is 13.6. The zero-order valence-corrected chi connectivity index (χ0v) is 32.5. The van der Waals surface area contributed by atoms with Crippen molar-refractivity contribution in [1.29, 1.82) is 0 Å². The highest BCUT2D eigenvalue weighted by Crippen LogP contribution is 2.60. The van der Waals surface area contributed by atoms with Gasteiger partial charge in [-0.3, -0.25) is 19.2 Å². The normalized spacial score (nSPS) is 25.3. The number of benzene rings is 2. The number of nitrogens with zero attached hydrogens (tertiary/aromatic N) is 3. The van der Waals surface area contributed by atoms with E-state index in [0.717, 1.165) is 12.8 Å². The Morgan fingerprint density at radius 3 is 2.42 bits per heavy atom. The van der Waals surface area contributed by atoms with E-state index in [-0.39, 0.29) is 48.7 Å². The van der Waals surface area contributed by atoms with Crippen LogP contribution >= 0.6 is 15.9 Å². The highest BCUT2D eigenvalue weighted by Gasteiger charge is 2.77. The van der Waals surface area contributed by atoms with Crippen LogP contribution < -0.4 is 9.64 Å². The number of alkyl halides is 1. The van der Waals surface area contributed by atoms with E-state index in [4.69, 9.17) is 14.2 Å². The SMILES string of the molecule is C=CCCC(=O)N(C)[C@@H](C)[C@@H](OC(=O)[C@H]1[C@@H]2O[C@@]3(CC2Br)[C@@H]1C(=O)N(CCCCCCO)[C@@H]3C(=O)N(CC=C)c1ccc(OC)cc1)c1ccccc1. The lowest BCUT2D eigenvalue weighted by Gasteiger charge is -2.37. The summed E-state index contributed by atoms with van der Waals surface area (Å²) in [6.07, 6.45) is 5.70. The highest BCUT2D eigenvalue weighted by atomic mass is 79.9. The molecule has 286 valence electrons. The van der Waals surface area contributed by atoms with E-state index in [0.29, 0.717) is 42.7 Å². The number of allylic oxidation sites excluding steroid dienone is 1. The Morgan fingerprint density at radius 2 is 1.77 bits per heavy atom. The number of esters is 1. The van der Waals surface area contributed by atoms with Crippen molar-refractivity contribution in [2.45, 2.75) is 86.6 Å². The second kappa shape index (κ2) is 17.9. The van der Waals surface area contributed by atoms with Gasteiger partial charge in [-0.1, -0.05) is 71.3 Å². The number of aliphatic hydroxyl groups excluding tert-OH is 1. The number of anilines is 1. The van der Waals surface area contributed by atoms with Gasteiger partial charge in [0.05, 0.1) is 31.1 Å². The summed E-state index contributed by atoms with van der Waals surface area (Å²) in [4.78, 5) is 61.8. The fraction of sp³-hybridized carbons (Fsp3) is 0.512. The van der Waals surface area contributed by atoms with Gasteiger partial charge in [0.15, 0.2) is 0 Å². The summed E-state index contributed by atoms with van der Waals surface area (Å²) in [5.74, 6) is -2.68. The van der Waals surface area contributed by atoms with Gasteiger partial charge >= 0.3 is 5.97 Å². The Hall–Kier alpha value is -4.00. The summed E-state index contributed by atoms with van der Waals surface area (Å²) < 4.78 is 18.5. The smallest absolute Gasteiger partial charge is 0.313 e. The van der Waals surface area contributed by atoms with Gasteiger partial charge in [-0.2, -0.15) is 0 Å². The third kappa shape index (κ3) is 8.10. The molecule has 3 fully saturated rings. The van der Waals surface area contributed by atoms with Crippen LogP contribution in [0.3, 0.4) is 0 Å². The maximum Gasteiger partial charge on any atom is 0.313 e. The zero-order chi connectivity index (χ0) is 38.3. The standard InChI is InChI=1S/C41H52BrN3O8/c1-6-8-18-32(47)43(4)27(3)35(28-16-12-11-13-17-28)52-40(50)33-34-38(48)45(24-14-9-10-15-25-46)37(41(34)26-31(42)36(33)53-41)39(49)44(23-7-2)29-19-21-30(51-5)22-20-29/h6-7,11-13,16-17,19-22,27,31,33-37,46H,1-2,8-10,14-15,18,23-26H2,3-5H3/t27-,31?,33+,34-,35+,36+,37+,41-/m0/s1. The average Bonchev–Trinajstić information content (AvgIpc) is 3.77. The quantitative estimate of drug-likeness (QED) is 0.0843. The molecule has 8 atom stereocenters. The molecule has 3 heterocycles. The molecule has 2 bridgehead atoms. The van der Waals surface area contributed by atoms with E-state index in [1.165, 1.54) is 0 Å². The zero-order valence-electron chi connectivity index (χ0n) is 30.9. The summed E-state index contributed by atoms with van der Waals surface area (Å²) >= 11 is 3.77. The Bertz CT molecular complexity index is 1620. The van der Waals surface area contributed by atoms with Gasteiger partial charge in [-0.15, -0.1) is 13.2 Å². The number of aliphatic hydroxyl groups is 1. The number of methoxy groups -OCH3 is 1. The van der Waals surface area contributed by atoms with Crippen LogP contribution in [-0.4, -0.2) is 101 Å². The van der Waals surface area contributed by atoms with Gasteiger partial charge in [-0.05, 0) is 62.4 Å². The van der Waals surface area contributed by atoms with Crippen LogP contribution in [-0.2, 0) is 28.7 Å². The summed E-state index contributed by atoms with van der Waals surface area (Å²) in [7, 11) is 3.26. The molecule has 53 heavy (non-hydrogen) atoms. The number of likely N-dealkylation sites (N-methyl/N-ethyl adjacent to an activating group) is 1. The number of fused-ring (bicyclic) bond motifs is 1. The second-order valence-corrected chi connectivity index (χ2v) is 15.3. The van der Waals surface area contributed by atoms with Crippen molar-refractivity contribution >= 4 is 45.3 Å². The molecule has 0 saturated carbocycles. The number of ether oxygens (including phenoxy) is 3. The first-order chi connectivity index (χ1) is 25.5.